The second kappa shape index (κ2) is 7.30. The van der Waals surface area contributed by atoms with Gasteiger partial charge in [0.2, 0.25) is 0 Å². The summed E-state index contributed by atoms with van der Waals surface area (Å²) in [5.41, 5.74) is 2.44. The van der Waals surface area contributed by atoms with Crippen LogP contribution in [0.1, 0.15) is 46.1 Å². The van der Waals surface area contributed by atoms with Gasteiger partial charge < -0.3 is 9.47 Å². The Bertz CT molecular complexity index is 649. The summed E-state index contributed by atoms with van der Waals surface area (Å²) in [6.07, 6.45) is 3.03. The molecule has 1 aromatic carbocycles. The van der Waals surface area contributed by atoms with Crippen molar-refractivity contribution in [3.8, 4) is 11.5 Å². The zero-order chi connectivity index (χ0) is 18.1. The predicted octanol–water partition coefficient (Wildman–Crippen LogP) is 5.55. The Morgan fingerprint density at radius 3 is 2.58 bits per heavy atom. The molecule has 0 N–H and O–H groups in total. The smallest absolute Gasteiger partial charge is 0.308 e. The van der Waals surface area contributed by atoms with E-state index < -0.39 is 0 Å². The van der Waals surface area contributed by atoms with Gasteiger partial charge in [-0.3, -0.25) is 4.79 Å². The first-order valence-electron chi connectivity index (χ1n) is 8.36. The Morgan fingerprint density at radius 2 is 2.04 bits per heavy atom. The number of hydrogen-bond donors (Lipinski definition) is 0. The lowest BCUT2D eigenvalue weighted by Gasteiger charge is -2.43. The number of benzene rings is 1. The Balaban J connectivity index is 2.39. The summed E-state index contributed by atoms with van der Waals surface area (Å²) in [6.45, 7) is 12.7. The Morgan fingerprint density at radius 1 is 1.38 bits per heavy atom. The second-order valence-electron chi connectivity index (χ2n) is 7.61. The van der Waals surface area contributed by atoms with Crippen LogP contribution in [0.5, 0.6) is 11.5 Å². The van der Waals surface area contributed by atoms with E-state index >= 15 is 0 Å². The van der Waals surface area contributed by atoms with Crippen molar-refractivity contribution >= 4 is 21.9 Å². The number of carbonyl (C=O) groups is 1. The number of rotatable bonds is 4. The molecule has 0 radical (unpaired) electrons. The zero-order valence-corrected chi connectivity index (χ0v) is 16.8. The Labute approximate surface area is 153 Å². The largest absolute Gasteiger partial charge is 0.496 e. The molecule has 2 atom stereocenters. The number of esters is 1. The van der Waals surface area contributed by atoms with Crippen LogP contribution in [0.2, 0.25) is 0 Å². The maximum Gasteiger partial charge on any atom is 0.308 e. The maximum absolute atomic E-state index is 11.5. The molecule has 0 bridgehead atoms. The van der Waals surface area contributed by atoms with Gasteiger partial charge >= 0.3 is 5.97 Å². The van der Waals surface area contributed by atoms with Crippen LogP contribution >= 0.6 is 15.9 Å². The third-order valence-electron chi connectivity index (χ3n) is 4.93. The van der Waals surface area contributed by atoms with Crippen molar-refractivity contribution in [2.24, 2.45) is 17.3 Å². The molecule has 2 unspecified atom stereocenters. The van der Waals surface area contributed by atoms with Crippen molar-refractivity contribution in [1.29, 1.82) is 0 Å². The van der Waals surface area contributed by atoms with Gasteiger partial charge in [0.25, 0.3) is 0 Å². The summed E-state index contributed by atoms with van der Waals surface area (Å²) in [6, 6.07) is 3.78. The summed E-state index contributed by atoms with van der Waals surface area (Å²) in [4.78, 5) is 11.5. The normalized spacial score (nSPS) is 23.0. The molecule has 0 heterocycles. The first-order valence-corrected chi connectivity index (χ1v) is 9.16. The molecule has 0 saturated heterocycles. The summed E-state index contributed by atoms with van der Waals surface area (Å²) >= 11 is 3.46. The van der Waals surface area contributed by atoms with E-state index in [9.17, 15) is 4.79 Å². The van der Waals surface area contributed by atoms with Crippen LogP contribution in [0.25, 0.3) is 0 Å². The summed E-state index contributed by atoms with van der Waals surface area (Å²) in [7, 11) is 1.64. The van der Waals surface area contributed by atoms with Crippen molar-refractivity contribution in [2.75, 3.05) is 7.11 Å². The average molecular weight is 395 g/mol. The quantitative estimate of drug-likeness (QED) is 0.381. The molecule has 132 valence electrons. The van der Waals surface area contributed by atoms with Gasteiger partial charge in [-0.1, -0.05) is 32.9 Å². The van der Waals surface area contributed by atoms with E-state index in [1.54, 1.807) is 7.11 Å². The molecule has 4 heteroatoms. The highest BCUT2D eigenvalue weighted by atomic mass is 79.9. The number of allylic oxidation sites excluding steroid dienone is 1. The fourth-order valence-corrected chi connectivity index (χ4v) is 4.52. The fourth-order valence-electron chi connectivity index (χ4n) is 4.04. The molecule has 2 rings (SSSR count). The predicted molar refractivity (Wildman–Crippen MR) is 101 cm³/mol. The summed E-state index contributed by atoms with van der Waals surface area (Å²) in [5, 5.41) is 0. The number of carbonyl (C=O) groups excluding carboxylic acids is 1. The van der Waals surface area contributed by atoms with Gasteiger partial charge in [-0.15, -0.1) is 0 Å². The first kappa shape index (κ1) is 19.0. The average Bonchev–Trinajstić information content (AvgIpc) is 2.43. The monoisotopic (exact) mass is 394 g/mol. The fraction of sp³-hybridized carbons (Fsp3) is 0.550. The molecule has 0 aromatic heterocycles. The molecular formula is C20H27BrO3. The van der Waals surface area contributed by atoms with Gasteiger partial charge in [0.15, 0.2) is 0 Å². The molecule has 1 saturated carbocycles. The van der Waals surface area contributed by atoms with Crippen molar-refractivity contribution in [3.05, 3.63) is 34.3 Å². The van der Waals surface area contributed by atoms with Crippen molar-refractivity contribution in [2.45, 2.75) is 47.0 Å². The zero-order valence-electron chi connectivity index (χ0n) is 15.2. The van der Waals surface area contributed by atoms with E-state index in [-0.39, 0.29) is 11.4 Å². The van der Waals surface area contributed by atoms with Crippen LogP contribution in [0.4, 0.5) is 0 Å². The van der Waals surface area contributed by atoms with Crippen LogP contribution in [-0.2, 0) is 11.2 Å². The standard InChI is InChI=1S/C20H27BrO3/c1-12-7-13(2)16(20(4,5)11-12)8-15-9-19(23-6)17(21)10-18(15)24-14(3)22/h9-10,12,16H,2,7-8,11H2,1,3-6H3. The lowest BCUT2D eigenvalue weighted by atomic mass is 9.62. The lowest BCUT2D eigenvalue weighted by molar-refractivity contribution is -0.131. The highest BCUT2D eigenvalue weighted by Gasteiger charge is 2.38. The summed E-state index contributed by atoms with van der Waals surface area (Å²) < 4.78 is 11.6. The molecule has 1 aromatic rings. The third-order valence-corrected chi connectivity index (χ3v) is 5.55. The molecule has 1 aliphatic carbocycles. The van der Waals surface area contributed by atoms with Crippen LogP contribution in [-0.4, -0.2) is 13.1 Å². The maximum atomic E-state index is 11.5. The van der Waals surface area contributed by atoms with Crippen LogP contribution < -0.4 is 9.47 Å². The van der Waals surface area contributed by atoms with E-state index in [0.717, 1.165) is 28.6 Å². The van der Waals surface area contributed by atoms with Gasteiger partial charge in [-0.2, -0.15) is 0 Å². The van der Waals surface area contributed by atoms with Gasteiger partial charge in [0.05, 0.1) is 11.6 Å². The molecule has 1 fully saturated rings. The van der Waals surface area contributed by atoms with Gasteiger partial charge in [0.1, 0.15) is 11.5 Å². The first-order chi connectivity index (χ1) is 11.1. The van der Waals surface area contributed by atoms with Crippen LogP contribution in [0.15, 0.2) is 28.8 Å². The molecule has 0 amide bonds. The minimum absolute atomic E-state index is 0.169. The lowest BCUT2D eigenvalue weighted by Crippen LogP contribution is -2.34. The van der Waals surface area contributed by atoms with Gasteiger partial charge in [-0.05, 0) is 70.1 Å². The van der Waals surface area contributed by atoms with E-state index in [1.807, 2.05) is 12.1 Å². The highest BCUT2D eigenvalue weighted by Crippen LogP contribution is 2.48. The van der Waals surface area contributed by atoms with E-state index in [2.05, 4.69) is 43.3 Å². The van der Waals surface area contributed by atoms with E-state index in [1.165, 1.54) is 18.9 Å². The van der Waals surface area contributed by atoms with Gasteiger partial charge in [0, 0.05) is 6.92 Å². The number of halogens is 1. The topological polar surface area (TPSA) is 35.5 Å². The Kier molecular flexibility index (Phi) is 5.79. The molecular weight excluding hydrogens is 368 g/mol. The third kappa shape index (κ3) is 4.21. The van der Waals surface area contributed by atoms with Crippen molar-refractivity contribution in [1.82, 2.24) is 0 Å². The number of hydrogen-bond acceptors (Lipinski definition) is 3. The minimum atomic E-state index is -0.316. The highest BCUT2D eigenvalue weighted by molar-refractivity contribution is 9.10. The second-order valence-corrected chi connectivity index (χ2v) is 8.46. The van der Waals surface area contributed by atoms with Gasteiger partial charge in [-0.25, -0.2) is 0 Å². The van der Waals surface area contributed by atoms with Crippen LogP contribution in [0.3, 0.4) is 0 Å². The number of ether oxygens (including phenoxy) is 2. The SMILES string of the molecule is C=C1CC(C)CC(C)(C)C1Cc1cc(OC)c(Br)cc1OC(C)=O. The summed E-state index contributed by atoms with van der Waals surface area (Å²) in [5.74, 6) is 2.04. The van der Waals surface area contributed by atoms with Crippen LogP contribution in [0, 0.1) is 17.3 Å². The van der Waals surface area contributed by atoms with E-state index in [4.69, 9.17) is 9.47 Å². The molecule has 3 nitrogen and oxygen atoms in total. The number of methoxy groups -OCH3 is 1. The molecule has 24 heavy (non-hydrogen) atoms. The molecule has 0 spiro atoms. The minimum Gasteiger partial charge on any atom is -0.496 e. The van der Waals surface area contributed by atoms with E-state index in [0.29, 0.717) is 17.6 Å². The van der Waals surface area contributed by atoms with Crippen molar-refractivity contribution < 1.29 is 14.3 Å². The Hall–Kier alpha value is -1.29. The molecule has 1 aliphatic rings. The van der Waals surface area contributed by atoms with Crippen molar-refractivity contribution in [3.63, 3.8) is 0 Å². The molecule has 0 aliphatic heterocycles.